The highest BCUT2D eigenvalue weighted by atomic mass is 14.8. The molecule has 0 atom stereocenters. The van der Waals surface area contributed by atoms with Crippen molar-refractivity contribution in [2.45, 2.75) is 19.8 Å². The van der Waals surface area contributed by atoms with Gasteiger partial charge < -0.3 is 5.32 Å². The molecule has 9 heavy (non-hydrogen) atoms. The smallest absolute Gasteiger partial charge is 0.0927 e. The van der Waals surface area contributed by atoms with Gasteiger partial charge in [0.15, 0.2) is 0 Å². The molecule has 1 N–H and O–H groups in total. The average Bonchev–Trinajstić information content (AvgIpc) is 1.89. The maximum atomic E-state index is 8.05. The highest BCUT2D eigenvalue weighted by Crippen LogP contribution is 1.81. The van der Waals surface area contributed by atoms with Crippen LogP contribution in [-0.4, -0.2) is 6.54 Å². The predicted octanol–water partition coefficient (Wildman–Crippen LogP) is 1.41. The fraction of sp³-hybridized carbons (Fsp3) is 0.571. The molecule has 0 aromatic carbocycles. The summed E-state index contributed by atoms with van der Waals surface area (Å²) in [7, 11) is 0. The molecule has 0 amide bonds. The van der Waals surface area contributed by atoms with Crippen LogP contribution in [0.1, 0.15) is 19.8 Å². The van der Waals surface area contributed by atoms with Gasteiger partial charge in [-0.2, -0.15) is 5.26 Å². The number of nitrogens with zero attached hydrogens (tertiary/aromatic N) is 1. The molecule has 0 aliphatic heterocycles. The Morgan fingerprint density at radius 1 is 1.67 bits per heavy atom. The number of allylic oxidation sites excluding steroid dienone is 1. The van der Waals surface area contributed by atoms with Gasteiger partial charge in [0.25, 0.3) is 0 Å². The SMILES string of the molecule is CCCCN/C=C/C#N. The van der Waals surface area contributed by atoms with Gasteiger partial charge in [-0.05, 0) is 6.42 Å². The van der Waals surface area contributed by atoms with E-state index in [-0.39, 0.29) is 0 Å². The van der Waals surface area contributed by atoms with Crippen molar-refractivity contribution in [2.24, 2.45) is 0 Å². The van der Waals surface area contributed by atoms with Crippen molar-refractivity contribution in [1.82, 2.24) is 5.32 Å². The summed E-state index contributed by atoms with van der Waals surface area (Å²) in [6.45, 7) is 3.10. The number of nitriles is 1. The van der Waals surface area contributed by atoms with Crippen LogP contribution in [0.2, 0.25) is 0 Å². The zero-order valence-corrected chi connectivity index (χ0v) is 5.72. The summed E-state index contributed by atoms with van der Waals surface area (Å²) in [5.41, 5.74) is 0. The Balaban J connectivity index is 2.93. The summed E-state index contributed by atoms with van der Waals surface area (Å²) in [5.74, 6) is 0. The summed E-state index contributed by atoms with van der Waals surface area (Å²) in [6.07, 6.45) is 5.47. The van der Waals surface area contributed by atoms with Gasteiger partial charge >= 0.3 is 0 Å². The lowest BCUT2D eigenvalue weighted by Gasteiger charge is -1.94. The minimum absolute atomic E-state index is 0.967. The van der Waals surface area contributed by atoms with Gasteiger partial charge in [0, 0.05) is 18.8 Å². The third kappa shape index (κ3) is 7.03. The first-order chi connectivity index (χ1) is 4.41. The molecule has 0 aromatic rings. The van der Waals surface area contributed by atoms with Crippen LogP contribution in [0.3, 0.4) is 0 Å². The van der Waals surface area contributed by atoms with Gasteiger partial charge in [-0.1, -0.05) is 13.3 Å². The lowest BCUT2D eigenvalue weighted by Crippen LogP contribution is -2.05. The van der Waals surface area contributed by atoms with E-state index in [4.69, 9.17) is 5.26 Å². The Kier molecular flexibility index (Phi) is 6.27. The van der Waals surface area contributed by atoms with Crippen LogP contribution in [0, 0.1) is 11.3 Å². The Hall–Kier alpha value is -0.970. The minimum atomic E-state index is 0.967. The van der Waals surface area contributed by atoms with E-state index in [0.717, 1.165) is 13.0 Å². The van der Waals surface area contributed by atoms with Crippen molar-refractivity contribution in [2.75, 3.05) is 6.54 Å². The average molecular weight is 124 g/mol. The Morgan fingerprint density at radius 3 is 3.00 bits per heavy atom. The van der Waals surface area contributed by atoms with E-state index in [2.05, 4.69) is 12.2 Å². The normalized spacial score (nSPS) is 9.33. The standard InChI is InChI=1S/C7H12N2/c1-2-3-6-9-7-4-5-8/h4,7,9H,2-3,6H2,1H3/b7-4+. The van der Waals surface area contributed by atoms with Gasteiger partial charge in [-0.25, -0.2) is 0 Å². The Morgan fingerprint density at radius 2 is 2.44 bits per heavy atom. The summed E-state index contributed by atoms with van der Waals surface area (Å²) < 4.78 is 0. The molecule has 0 aliphatic carbocycles. The number of hydrogen-bond acceptors (Lipinski definition) is 2. The van der Waals surface area contributed by atoms with Crippen LogP contribution in [0.25, 0.3) is 0 Å². The zero-order valence-electron chi connectivity index (χ0n) is 5.72. The first-order valence-corrected chi connectivity index (χ1v) is 3.19. The first-order valence-electron chi connectivity index (χ1n) is 3.19. The molecule has 0 saturated carbocycles. The number of hydrogen-bond donors (Lipinski definition) is 1. The molecule has 0 rings (SSSR count). The van der Waals surface area contributed by atoms with E-state index >= 15 is 0 Å². The van der Waals surface area contributed by atoms with E-state index in [1.165, 1.54) is 12.5 Å². The molecule has 0 aliphatic rings. The van der Waals surface area contributed by atoms with Crippen LogP contribution in [0.4, 0.5) is 0 Å². The molecule has 0 bridgehead atoms. The molecule has 0 spiro atoms. The first kappa shape index (κ1) is 8.03. The summed E-state index contributed by atoms with van der Waals surface area (Å²) in [6, 6.07) is 1.90. The fourth-order valence-electron chi connectivity index (χ4n) is 0.458. The maximum absolute atomic E-state index is 8.05. The topological polar surface area (TPSA) is 35.8 Å². The van der Waals surface area contributed by atoms with Gasteiger partial charge in [0.2, 0.25) is 0 Å². The monoisotopic (exact) mass is 124 g/mol. The summed E-state index contributed by atoms with van der Waals surface area (Å²) >= 11 is 0. The molecule has 0 unspecified atom stereocenters. The second-order valence-electron chi connectivity index (χ2n) is 1.77. The van der Waals surface area contributed by atoms with Crippen LogP contribution in [0.15, 0.2) is 12.3 Å². The Labute approximate surface area is 56.2 Å². The zero-order chi connectivity index (χ0) is 6.95. The molecule has 0 radical (unpaired) electrons. The summed E-state index contributed by atoms with van der Waals surface area (Å²) in [5, 5.41) is 11.0. The van der Waals surface area contributed by atoms with Crippen molar-refractivity contribution < 1.29 is 0 Å². The minimum Gasteiger partial charge on any atom is -0.390 e. The van der Waals surface area contributed by atoms with E-state index in [1.807, 2.05) is 6.07 Å². The Bertz CT molecular complexity index is 111. The fourth-order valence-corrected chi connectivity index (χ4v) is 0.458. The highest BCUT2D eigenvalue weighted by molar-refractivity contribution is 5.00. The highest BCUT2D eigenvalue weighted by Gasteiger charge is 1.76. The molecule has 0 saturated heterocycles. The van der Waals surface area contributed by atoms with E-state index < -0.39 is 0 Å². The number of nitrogens with one attached hydrogen (secondary N) is 1. The largest absolute Gasteiger partial charge is 0.390 e. The third-order valence-electron chi connectivity index (χ3n) is 0.950. The lowest BCUT2D eigenvalue weighted by atomic mass is 10.3. The summed E-state index contributed by atoms with van der Waals surface area (Å²) in [4.78, 5) is 0. The molecule has 0 heterocycles. The molecule has 50 valence electrons. The number of rotatable bonds is 4. The quantitative estimate of drug-likeness (QED) is 0.454. The van der Waals surface area contributed by atoms with Crippen molar-refractivity contribution in [3.8, 4) is 6.07 Å². The third-order valence-corrected chi connectivity index (χ3v) is 0.950. The second kappa shape index (κ2) is 7.03. The van der Waals surface area contributed by atoms with E-state index in [1.54, 1.807) is 6.20 Å². The number of unbranched alkanes of at least 4 members (excludes halogenated alkanes) is 1. The molecule has 0 aromatic heterocycles. The molecule has 0 fully saturated rings. The maximum Gasteiger partial charge on any atom is 0.0927 e. The van der Waals surface area contributed by atoms with Crippen LogP contribution < -0.4 is 5.32 Å². The van der Waals surface area contributed by atoms with Crippen molar-refractivity contribution in [3.63, 3.8) is 0 Å². The lowest BCUT2D eigenvalue weighted by molar-refractivity contribution is 0.735. The molecule has 2 heteroatoms. The van der Waals surface area contributed by atoms with Crippen molar-refractivity contribution in [3.05, 3.63) is 12.3 Å². The van der Waals surface area contributed by atoms with Gasteiger partial charge in [-0.15, -0.1) is 0 Å². The molecule has 2 nitrogen and oxygen atoms in total. The van der Waals surface area contributed by atoms with Gasteiger partial charge in [0.05, 0.1) is 6.07 Å². The van der Waals surface area contributed by atoms with Crippen molar-refractivity contribution >= 4 is 0 Å². The second-order valence-corrected chi connectivity index (χ2v) is 1.77. The van der Waals surface area contributed by atoms with Gasteiger partial charge in [-0.3, -0.25) is 0 Å². The van der Waals surface area contributed by atoms with Crippen LogP contribution in [-0.2, 0) is 0 Å². The molecular formula is C7H12N2. The van der Waals surface area contributed by atoms with E-state index in [9.17, 15) is 0 Å². The molecular weight excluding hydrogens is 112 g/mol. The van der Waals surface area contributed by atoms with Crippen molar-refractivity contribution in [1.29, 1.82) is 5.26 Å². The van der Waals surface area contributed by atoms with Gasteiger partial charge in [0.1, 0.15) is 0 Å². The van der Waals surface area contributed by atoms with Crippen LogP contribution in [0.5, 0.6) is 0 Å². The van der Waals surface area contributed by atoms with E-state index in [0.29, 0.717) is 0 Å². The van der Waals surface area contributed by atoms with Crippen LogP contribution >= 0.6 is 0 Å². The predicted molar refractivity (Wildman–Crippen MR) is 37.7 cm³/mol.